The van der Waals surface area contributed by atoms with Crippen LogP contribution in [0.1, 0.15) is 44.9 Å². The van der Waals surface area contributed by atoms with Crippen LogP contribution in [0.25, 0.3) is 0 Å². The number of halogens is 3. The second-order valence-corrected chi connectivity index (χ2v) is 9.08. The average Bonchev–Trinajstić information content (AvgIpc) is 3.38. The van der Waals surface area contributed by atoms with Gasteiger partial charge in [-0.15, -0.1) is 11.3 Å². The molecule has 3 rings (SSSR count). The molecule has 1 aliphatic heterocycles. The summed E-state index contributed by atoms with van der Waals surface area (Å²) in [6, 6.07) is 8.37. The van der Waals surface area contributed by atoms with Crippen molar-refractivity contribution < 1.29 is 32.6 Å². The Morgan fingerprint density at radius 1 is 1.33 bits per heavy atom. The van der Waals surface area contributed by atoms with Crippen molar-refractivity contribution in [3.63, 3.8) is 0 Å². The summed E-state index contributed by atoms with van der Waals surface area (Å²) in [5, 5.41) is 10.3. The quantitative estimate of drug-likeness (QED) is 0.419. The van der Waals surface area contributed by atoms with Crippen LogP contribution in [0.4, 0.5) is 13.2 Å². The predicted octanol–water partition coefficient (Wildman–Crippen LogP) is 4.64. The maximum Gasteiger partial charge on any atom is 0.416 e. The number of amides is 1. The Hall–Kier alpha value is -2.65. The molecule has 2 atom stereocenters. The number of likely N-dealkylation sites (tertiary alicyclic amines) is 1. The van der Waals surface area contributed by atoms with Gasteiger partial charge in [0.15, 0.2) is 0 Å². The summed E-state index contributed by atoms with van der Waals surface area (Å²) in [6.07, 6.45) is 0.509. The van der Waals surface area contributed by atoms with E-state index in [4.69, 9.17) is 4.74 Å². The Bertz CT molecular complexity index is 1000. The number of rotatable bonds is 9. The summed E-state index contributed by atoms with van der Waals surface area (Å²) >= 11 is 1.37. The molecule has 1 saturated heterocycles. The van der Waals surface area contributed by atoms with Crippen LogP contribution in [0.15, 0.2) is 48.6 Å². The number of carbonyl (C=O) groups excluding carboxylic acids is 2. The smallest absolute Gasteiger partial charge is 0.416 e. The number of aliphatic hydroxyl groups is 1. The highest BCUT2D eigenvalue weighted by Crippen LogP contribution is 2.30. The molecular formula is C24H26F3NO4S. The average molecular weight is 482 g/mol. The fourth-order valence-corrected chi connectivity index (χ4v) is 4.80. The van der Waals surface area contributed by atoms with Gasteiger partial charge in [-0.05, 0) is 43.0 Å². The minimum atomic E-state index is -4.43. The second kappa shape index (κ2) is 11.0. The van der Waals surface area contributed by atoms with Crippen LogP contribution in [-0.4, -0.2) is 47.7 Å². The van der Waals surface area contributed by atoms with Crippen LogP contribution in [0.2, 0.25) is 0 Å². The van der Waals surface area contributed by atoms with Crippen LogP contribution in [0, 0.1) is 0 Å². The molecule has 9 heteroatoms. The molecule has 1 aromatic carbocycles. The predicted molar refractivity (Wildman–Crippen MR) is 119 cm³/mol. The van der Waals surface area contributed by atoms with Crippen LogP contribution in [0.5, 0.6) is 0 Å². The molecule has 0 unspecified atom stereocenters. The van der Waals surface area contributed by atoms with E-state index in [1.807, 2.05) is 6.07 Å². The Morgan fingerprint density at radius 2 is 2.12 bits per heavy atom. The molecule has 1 aromatic heterocycles. The Labute approximate surface area is 194 Å². The highest BCUT2D eigenvalue weighted by Gasteiger charge is 2.31. The SMILES string of the molecule is COC(=O)c1ccc(CCCN2C(=O)CC[C@@H]2C=C[C@@H](O)Cc2cccc(C(F)(F)F)c2)s1. The highest BCUT2D eigenvalue weighted by molar-refractivity contribution is 7.13. The van der Waals surface area contributed by atoms with E-state index in [-0.39, 0.29) is 24.3 Å². The minimum absolute atomic E-state index is 0.0402. The lowest BCUT2D eigenvalue weighted by Crippen LogP contribution is -2.33. The van der Waals surface area contributed by atoms with Gasteiger partial charge in [0.1, 0.15) is 4.88 Å². The van der Waals surface area contributed by atoms with Crippen LogP contribution >= 0.6 is 11.3 Å². The number of methoxy groups -OCH3 is 1. The first-order valence-electron chi connectivity index (χ1n) is 10.7. The first kappa shape index (κ1) is 25.0. The Morgan fingerprint density at radius 3 is 2.85 bits per heavy atom. The standard InChI is InChI=1S/C24H26F3NO4S/c1-32-23(31)21-11-10-20(33-21)6-3-13-28-18(8-12-22(28)30)7-9-19(29)15-16-4-2-5-17(14-16)24(25,26)27/h2,4-5,7,9-11,14,18-19,29H,3,6,8,12-13,15H2,1H3/t18-,19+/m0/s1. The van der Waals surface area contributed by atoms with E-state index in [1.54, 1.807) is 29.2 Å². The van der Waals surface area contributed by atoms with E-state index < -0.39 is 17.8 Å². The zero-order chi connectivity index (χ0) is 24.0. The Kier molecular flexibility index (Phi) is 8.31. The minimum Gasteiger partial charge on any atom is -0.465 e. The number of ether oxygens (including phenoxy) is 1. The van der Waals surface area contributed by atoms with E-state index in [9.17, 15) is 27.9 Å². The second-order valence-electron chi connectivity index (χ2n) is 7.91. The van der Waals surface area contributed by atoms with Crippen molar-refractivity contribution in [2.24, 2.45) is 0 Å². The summed E-state index contributed by atoms with van der Waals surface area (Å²) in [4.78, 5) is 27.2. The molecule has 0 spiro atoms. The number of carbonyl (C=O) groups is 2. The molecule has 5 nitrogen and oxygen atoms in total. The molecule has 0 radical (unpaired) electrons. The number of benzene rings is 1. The van der Waals surface area contributed by atoms with Gasteiger partial charge in [-0.2, -0.15) is 13.2 Å². The van der Waals surface area contributed by atoms with Gasteiger partial charge in [-0.25, -0.2) is 4.79 Å². The largest absolute Gasteiger partial charge is 0.465 e. The number of hydrogen-bond acceptors (Lipinski definition) is 5. The van der Waals surface area contributed by atoms with Gasteiger partial charge < -0.3 is 14.7 Å². The lowest BCUT2D eigenvalue weighted by Gasteiger charge is -2.22. The molecule has 1 amide bonds. The summed E-state index contributed by atoms with van der Waals surface area (Å²) in [6.45, 7) is 0.545. The number of thiophene rings is 1. The molecule has 178 valence electrons. The Balaban J connectivity index is 1.52. The van der Waals surface area contributed by atoms with E-state index in [0.29, 0.717) is 29.8 Å². The first-order chi connectivity index (χ1) is 15.7. The van der Waals surface area contributed by atoms with E-state index in [1.165, 1.54) is 24.5 Å². The maximum absolute atomic E-state index is 12.9. The number of aryl methyl sites for hydroxylation is 1. The molecule has 1 N–H and O–H groups in total. The molecule has 2 aromatic rings. The summed E-state index contributed by atoms with van der Waals surface area (Å²) in [7, 11) is 1.34. The maximum atomic E-state index is 12.9. The van der Waals surface area contributed by atoms with Crippen molar-refractivity contribution in [3.05, 3.63) is 69.4 Å². The molecule has 0 aliphatic carbocycles. The topological polar surface area (TPSA) is 66.8 Å². The van der Waals surface area contributed by atoms with Crippen LogP contribution in [-0.2, 0) is 28.5 Å². The molecule has 1 aliphatic rings. The third-order valence-corrected chi connectivity index (χ3v) is 6.62. The van der Waals surface area contributed by atoms with Crippen LogP contribution < -0.4 is 0 Å². The number of aliphatic hydroxyl groups excluding tert-OH is 1. The summed E-state index contributed by atoms with van der Waals surface area (Å²) in [5.74, 6) is -0.326. The number of nitrogens with zero attached hydrogens (tertiary/aromatic N) is 1. The summed E-state index contributed by atoms with van der Waals surface area (Å²) < 4.78 is 43.3. The lowest BCUT2D eigenvalue weighted by atomic mass is 10.0. The number of esters is 1. The van der Waals surface area contributed by atoms with Crippen molar-refractivity contribution in [2.45, 2.75) is 50.4 Å². The van der Waals surface area contributed by atoms with E-state index in [2.05, 4.69) is 0 Å². The molecule has 0 saturated carbocycles. The fourth-order valence-electron chi connectivity index (χ4n) is 3.83. The lowest BCUT2D eigenvalue weighted by molar-refractivity contribution is -0.137. The van der Waals surface area contributed by atoms with Gasteiger partial charge in [0.2, 0.25) is 5.91 Å². The van der Waals surface area contributed by atoms with Gasteiger partial charge in [0, 0.05) is 24.3 Å². The molecule has 33 heavy (non-hydrogen) atoms. The van der Waals surface area contributed by atoms with E-state index >= 15 is 0 Å². The van der Waals surface area contributed by atoms with E-state index in [0.717, 1.165) is 29.9 Å². The van der Waals surface area contributed by atoms with Crippen molar-refractivity contribution in [1.82, 2.24) is 4.90 Å². The first-order valence-corrected chi connectivity index (χ1v) is 11.5. The van der Waals surface area contributed by atoms with Crippen molar-refractivity contribution in [1.29, 1.82) is 0 Å². The van der Waals surface area contributed by atoms with Crippen molar-refractivity contribution in [2.75, 3.05) is 13.7 Å². The van der Waals surface area contributed by atoms with Gasteiger partial charge in [-0.3, -0.25) is 4.79 Å². The van der Waals surface area contributed by atoms with Crippen LogP contribution in [0.3, 0.4) is 0 Å². The molecule has 0 bridgehead atoms. The fraction of sp³-hybridized carbons (Fsp3) is 0.417. The normalized spacial score (nSPS) is 17.7. The monoisotopic (exact) mass is 481 g/mol. The van der Waals surface area contributed by atoms with Gasteiger partial charge in [0.05, 0.1) is 24.8 Å². The van der Waals surface area contributed by atoms with Gasteiger partial charge >= 0.3 is 12.1 Å². The molecular weight excluding hydrogens is 455 g/mol. The summed E-state index contributed by atoms with van der Waals surface area (Å²) in [5.41, 5.74) is -0.350. The third kappa shape index (κ3) is 6.91. The zero-order valence-electron chi connectivity index (χ0n) is 18.2. The molecule has 1 fully saturated rings. The highest BCUT2D eigenvalue weighted by atomic mass is 32.1. The van der Waals surface area contributed by atoms with Crippen molar-refractivity contribution in [3.8, 4) is 0 Å². The number of hydrogen-bond donors (Lipinski definition) is 1. The van der Waals surface area contributed by atoms with Gasteiger partial charge in [0.25, 0.3) is 0 Å². The zero-order valence-corrected chi connectivity index (χ0v) is 19.0. The van der Waals surface area contributed by atoms with Gasteiger partial charge in [-0.1, -0.05) is 30.4 Å². The number of alkyl halides is 3. The molecule has 2 heterocycles. The van der Waals surface area contributed by atoms with Crippen molar-refractivity contribution >= 4 is 23.2 Å². The third-order valence-electron chi connectivity index (χ3n) is 5.50.